The van der Waals surface area contributed by atoms with Crippen LogP contribution in [0.4, 0.5) is 11.4 Å². The molecule has 0 aliphatic carbocycles. The number of hydrogen-bond donors (Lipinski definition) is 1. The molecule has 3 aliphatic heterocycles. The summed E-state index contributed by atoms with van der Waals surface area (Å²) < 4.78 is 20.9. The molecule has 55 heavy (non-hydrogen) atoms. The summed E-state index contributed by atoms with van der Waals surface area (Å²) in [5.74, 6) is 0.717. The van der Waals surface area contributed by atoms with Gasteiger partial charge in [-0.15, -0.1) is 12.4 Å². The first-order valence-electron chi connectivity index (χ1n) is 18.3. The molecule has 6 aromatic rings. The number of halogens is 1. The largest absolute Gasteiger partial charge is 0.508 e. The van der Waals surface area contributed by atoms with Crippen molar-refractivity contribution in [2.24, 2.45) is 0 Å². The maximum atomic E-state index is 15.0. The zero-order chi connectivity index (χ0) is 36.8. The van der Waals surface area contributed by atoms with Crippen LogP contribution in [0, 0.1) is 0 Å². The number of carbonyl (C=O) groups is 2. The summed E-state index contributed by atoms with van der Waals surface area (Å²) in [5, 5.41) is 14.8. The maximum absolute atomic E-state index is 15.0. The Kier molecular flexibility index (Phi) is 9.95. The van der Waals surface area contributed by atoms with E-state index in [2.05, 4.69) is 29.1 Å². The SMILES string of the molecule is C[C@@H]1Cc2ccccc2CN1C(=O)c1cc2c(cc1-c1cc(C(=O)N(c3ccc(O)cc3)c3cnn(CCN4CCOCC4)c3)c3ccccn13)OCO2.Cl. The summed E-state index contributed by atoms with van der Waals surface area (Å²) in [4.78, 5) is 35.5. The first-order valence-corrected chi connectivity index (χ1v) is 18.3. The Labute approximate surface area is 324 Å². The number of anilines is 2. The van der Waals surface area contributed by atoms with Crippen LogP contribution in [-0.4, -0.2) is 86.6 Å². The molecule has 3 aromatic carbocycles. The number of ether oxygens (including phenoxy) is 3. The van der Waals surface area contributed by atoms with E-state index in [1.54, 1.807) is 41.4 Å². The number of pyridine rings is 1. The number of aromatic hydroxyl groups is 1. The second-order valence-corrected chi connectivity index (χ2v) is 14.0. The standard InChI is InChI=1S/C42H40N6O6.ClH/c1-28-20-29-6-2-3-7-30(29)25-47(28)41(50)35-23-40-39(53-27-54-40)22-34(35)38-21-36(37-8-4-5-13-46(37)38)42(51)48(31-9-11-33(49)12-10-31)32-24-43-45(26-32)15-14-44-16-18-52-19-17-44;/h2-13,21-24,26,28,49H,14-20,25,27H2,1H3;1H/t28-;/m1./s1. The maximum Gasteiger partial charge on any atom is 0.265 e. The summed E-state index contributed by atoms with van der Waals surface area (Å²) in [6, 6.07) is 25.9. The molecule has 0 saturated carbocycles. The minimum atomic E-state index is -0.293. The molecule has 0 bridgehead atoms. The number of nitrogens with zero attached hydrogens (tertiary/aromatic N) is 6. The van der Waals surface area contributed by atoms with Crippen molar-refractivity contribution in [3.8, 4) is 28.5 Å². The van der Waals surface area contributed by atoms with E-state index >= 15 is 0 Å². The first-order chi connectivity index (χ1) is 26.4. The number of fused-ring (bicyclic) bond motifs is 3. The quantitative estimate of drug-likeness (QED) is 0.186. The number of carbonyl (C=O) groups excluding carboxylic acids is 2. The molecule has 13 heteroatoms. The van der Waals surface area contributed by atoms with Gasteiger partial charge in [-0.1, -0.05) is 30.3 Å². The highest BCUT2D eigenvalue weighted by atomic mass is 35.5. The van der Waals surface area contributed by atoms with Crippen molar-refractivity contribution in [2.45, 2.75) is 32.5 Å². The van der Waals surface area contributed by atoms with E-state index in [9.17, 15) is 14.7 Å². The van der Waals surface area contributed by atoms with E-state index in [0.717, 1.165) is 44.8 Å². The van der Waals surface area contributed by atoms with E-state index in [4.69, 9.17) is 14.2 Å². The normalized spacial score (nSPS) is 16.5. The number of aromatic nitrogens is 3. The third kappa shape index (κ3) is 6.88. The number of hydrogen-bond acceptors (Lipinski definition) is 8. The summed E-state index contributed by atoms with van der Waals surface area (Å²) in [5.41, 5.74) is 6.38. The van der Waals surface area contributed by atoms with Crippen molar-refractivity contribution in [3.05, 3.63) is 126 Å². The van der Waals surface area contributed by atoms with Gasteiger partial charge in [-0.05, 0) is 79.1 Å². The van der Waals surface area contributed by atoms with E-state index < -0.39 is 0 Å². The van der Waals surface area contributed by atoms with Crippen molar-refractivity contribution < 1.29 is 28.9 Å². The van der Waals surface area contributed by atoms with Gasteiger partial charge in [0.05, 0.1) is 54.0 Å². The molecule has 12 nitrogen and oxygen atoms in total. The molecular weight excluding hydrogens is 720 g/mol. The topological polar surface area (TPSA) is 114 Å². The lowest BCUT2D eigenvalue weighted by atomic mass is 9.93. The van der Waals surface area contributed by atoms with Crippen LogP contribution in [0.1, 0.15) is 38.8 Å². The third-order valence-electron chi connectivity index (χ3n) is 10.6. The summed E-state index contributed by atoms with van der Waals surface area (Å²) in [6.07, 6.45) is 6.22. The van der Waals surface area contributed by atoms with E-state index in [1.165, 1.54) is 5.56 Å². The fourth-order valence-electron chi connectivity index (χ4n) is 7.73. The minimum Gasteiger partial charge on any atom is -0.508 e. The van der Waals surface area contributed by atoms with Gasteiger partial charge in [-0.2, -0.15) is 5.10 Å². The Bertz CT molecular complexity index is 2370. The van der Waals surface area contributed by atoms with Crippen molar-refractivity contribution >= 4 is 41.1 Å². The van der Waals surface area contributed by atoms with Gasteiger partial charge < -0.3 is 28.6 Å². The lowest BCUT2D eigenvalue weighted by Crippen LogP contribution is -2.42. The van der Waals surface area contributed by atoms with Gasteiger partial charge in [0.25, 0.3) is 11.8 Å². The fourth-order valence-corrected chi connectivity index (χ4v) is 7.73. The zero-order valence-corrected chi connectivity index (χ0v) is 31.2. The van der Waals surface area contributed by atoms with Crippen molar-refractivity contribution in [3.63, 3.8) is 0 Å². The average molecular weight is 761 g/mol. The second-order valence-electron chi connectivity index (χ2n) is 14.0. The molecule has 2 amide bonds. The van der Waals surface area contributed by atoms with Crippen molar-refractivity contribution in [2.75, 3.05) is 44.5 Å². The lowest BCUT2D eigenvalue weighted by molar-refractivity contribution is 0.0359. The van der Waals surface area contributed by atoms with Crippen molar-refractivity contribution in [1.82, 2.24) is 24.0 Å². The van der Waals surface area contributed by atoms with Crippen LogP contribution >= 0.6 is 12.4 Å². The summed E-state index contributed by atoms with van der Waals surface area (Å²) in [7, 11) is 0. The summed E-state index contributed by atoms with van der Waals surface area (Å²) >= 11 is 0. The molecule has 0 unspecified atom stereocenters. The van der Waals surface area contributed by atoms with Gasteiger partial charge in [0, 0.05) is 55.9 Å². The van der Waals surface area contributed by atoms with E-state index in [1.807, 2.05) is 68.8 Å². The van der Waals surface area contributed by atoms with Crippen LogP contribution in [0.2, 0.25) is 0 Å². The highest BCUT2D eigenvalue weighted by Gasteiger charge is 2.33. The number of amides is 2. The molecule has 1 N–H and O–H groups in total. The van der Waals surface area contributed by atoms with Gasteiger partial charge in [0.1, 0.15) is 5.75 Å². The molecular formula is C42H41ClN6O6. The Morgan fingerprint density at radius 1 is 0.873 bits per heavy atom. The first kappa shape index (κ1) is 36.2. The number of phenols is 1. The van der Waals surface area contributed by atoms with Crippen LogP contribution in [0.5, 0.6) is 17.2 Å². The Balaban J connectivity index is 0.00000427. The lowest BCUT2D eigenvalue weighted by Gasteiger charge is -2.35. The van der Waals surface area contributed by atoms with Crippen LogP contribution in [0.15, 0.2) is 104 Å². The monoisotopic (exact) mass is 760 g/mol. The van der Waals surface area contributed by atoms with Crippen LogP contribution < -0.4 is 14.4 Å². The third-order valence-corrected chi connectivity index (χ3v) is 10.6. The summed E-state index contributed by atoms with van der Waals surface area (Å²) in [6.45, 7) is 7.26. The van der Waals surface area contributed by atoms with Gasteiger partial charge in [-0.25, -0.2) is 0 Å². The van der Waals surface area contributed by atoms with Crippen LogP contribution in [0.3, 0.4) is 0 Å². The number of benzene rings is 3. The molecule has 9 rings (SSSR count). The molecule has 0 radical (unpaired) electrons. The average Bonchev–Trinajstić information content (AvgIpc) is 3.96. The van der Waals surface area contributed by atoms with E-state index in [0.29, 0.717) is 63.9 Å². The van der Waals surface area contributed by atoms with Crippen molar-refractivity contribution in [1.29, 1.82) is 0 Å². The fraction of sp³-hybridized carbons (Fsp3) is 0.262. The van der Waals surface area contributed by atoms with Gasteiger partial charge in [-0.3, -0.25) is 24.1 Å². The predicted molar refractivity (Wildman–Crippen MR) is 210 cm³/mol. The number of rotatable bonds is 8. The molecule has 1 fully saturated rings. The van der Waals surface area contributed by atoms with Gasteiger partial charge in [0.2, 0.25) is 6.79 Å². The highest BCUT2D eigenvalue weighted by Crippen LogP contribution is 2.42. The molecule has 1 atom stereocenters. The smallest absolute Gasteiger partial charge is 0.265 e. The molecule has 1 saturated heterocycles. The number of phenolic OH excluding ortho intramolecular Hbond substituents is 1. The Morgan fingerprint density at radius 2 is 1.62 bits per heavy atom. The zero-order valence-electron chi connectivity index (χ0n) is 30.3. The Morgan fingerprint density at radius 3 is 2.42 bits per heavy atom. The number of morpholine rings is 1. The second kappa shape index (κ2) is 15.1. The van der Waals surface area contributed by atoms with E-state index in [-0.39, 0.29) is 42.8 Å². The van der Waals surface area contributed by atoms with Crippen LogP contribution in [0.25, 0.3) is 16.8 Å². The molecule has 0 spiro atoms. The van der Waals surface area contributed by atoms with Gasteiger partial charge in [0.15, 0.2) is 11.5 Å². The highest BCUT2D eigenvalue weighted by molar-refractivity contribution is 6.15. The molecule has 3 aliphatic rings. The minimum absolute atomic E-state index is 0. The molecule has 282 valence electrons. The van der Waals surface area contributed by atoms with Crippen LogP contribution in [-0.2, 0) is 24.2 Å². The molecule has 6 heterocycles. The predicted octanol–water partition coefficient (Wildman–Crippen LogP) is 6.56. The van der Waals surface area contributed by atoms with Gasteiger partial charge >= 0.3 is 0 Å². The Hall–Kier alpha value is -5.82. The molecule has 3 aromatic heterocycles.